The van der Waals surface area contributed by atoms with Gasteiger partial charge in [-0.2, -0.15) is 0 Å². The van der Waals surface area contributed by atoms with Crippen LogP contribution in [0.4, 0.5) is 0 Å². The van der Waals surface area contributed by atoms with E-state index in [-0.39, 0.29) is 18.6 Å². The molecule has 4 heterocycles. The van der Waals surface area contributed by atoms with Crippen LogP contribution in [-0.4, -0.2) is 58.4 Å². The van der Waals surface area contributed by atoms with Crippen LogP contribution in [-0.2, 0) is 24.9 Å². The predicted molar refractivity (Wildman–Crippen MR) is 183 cm³/mol. The van der Waals surface area contributed by atoms with Gasteiger partial charge in [0.05, 0.1) is 35.1 Å². The molecule has 1 aliphatic rings. The van der Waals surface area contributed by atoms with E-state index in [1.165, 1.54) is 0 Å². The number of nitrogens with one attached hydrogen (secondary N) is 3. The summed E-state index contributed by atoms with van der Waals surface area (Å²) < 4.78 is 7.73. The number of amides is 1. The smallest absolute Gasteiger partial charge is 0.220 e. The summed E-state index contributed by atoms with van der Waals surface area (Å²) in [5.74, 6) is 0.829. The van der Waals surface area contributed by atoms with Gasteiger partial charge in [0.15, 0.2) is 0 Å². The van der Waals surface area contributed by atoms with Gasteiger partial charge >= 0.3 is 0 Å². The Bertz CT molecular complexity index is 1890. The summed E-state index contributed by atoms with van der Waals surface area (Å²) in [7, 11) is 3.62. The van der Waals surface area contributed by atoms with E-state index in [0.717, 1.165) is 62.3 Å². The van der Waals surface area contributed by atoms with Gasteiger partial charge in [-0.25, -0.2) is 4.98 Å². The number of benzene rings is 2. The number of pyridine rings is 2. The van der Waals surface area contributed by atoms with E-state index in [9.17, 15) is 4.79 Å². The number of hydrogen-bond acceptors (Lipinski definition) is 7. The second kappa shape index (κ2) is 14.2. The zero-order valence-corrected chi connectivity index (χ0v) is 27.3. The number of ether oxygens (including phenoxy) is 1. The maximum atomic E-state index is 11.5. The second-order valence-electron chi connectivity index (χ2n) is 11.4. The third-order valence-electron chi connectivity index (χ3n) is 8.31. The molecular formula is C35H36Cl2N6O3. The first-order chi connectivity index (χ1) is 22.4. The number of aliphatic hydroxyl groups is 1. The number of halogens is 2. The van der Waals surface area contributed by atoms with Crippen molar-refractivity contribution in [3.05, 3.63) is 88.2 Å². The van der Waals surface area contributed by atoms with Crippen molar-refractivity contribution >= 4 is 40.1 Å². The van der Waals surface area contributed by atoms with Crippen molar-refractivity contribution < 1.29 is 14.6 Å². The van der Waals surface area contributed by atoms with Crippen LogP contribution >= 0.6 is 23.2 Å². The highest BCUT2D eigenvalue weighted by atomic mass is 35.5. The molecule has 1 aliphatic heterocycles. The van der Waals surface area contributed by atoms with Crippen LogP contribution in [0, 0.1) is 0 Å². The number of carbonyl (C=O) groups is 1. The van der Waals surface area contributed by atoms with Crippen molar-refractivity contribution in [2.24, 2.45) is 7.05 Å². The Kier molecular flexibility index (Phi) is 9.86. The molecule has 3 aromatic heterocycles. The minimum atomic E-state index is 0.0905. The summed E-state index contributed by atoms with van der Waals surface area (Å²) in [5.41, 5.74) is 7.50. The first-order valence-electron chi connectivity index (χ1n) is 15.3. The summed E-state index contributed by atoms with van der Waals surface area (Å²) >= 11 is 14.1. The van der Waals surface area contributed by atoms with E-state index >= 15 is 0 Å². The number of methoxy groups -OCH3 is 1. The number of aliphatic hydroxyl groups excluding tert-OH is 1. The molecule has 0 radical (unpaired) electrons. The highest BCUT2D eigenvalue weighted by Crippen LogP contribution is 2.42. The predicted octanol–water partition coefficient (Wildman–Crippen LogP) is 5.73. The van der Waals surface area contributed by atoms with Gasteiger partial charge in [0.2, 0.25) is 5.91 Å². The van der Waals surface area contributed by atoms with Gasteiger partial charge in [-0.15, -0.1) is 0 Å². The lowest BCUT2D eigenvalue weighted by molar-refractivity contribution is -0.119. The maximum Gasteiger partial charge on any atom is 0.220 e. The molecule has 0 aliphatic carbocycles. The number of fused-ring (bicyclic) bond motifs is 1. The third kappa shape index (κ3) is 6.61. The molecule has 0 saturated carbocycles. The van der Waals surface area contributed by atoms with E-state index in [4.69, 9.17) is 38.0 Å². The van der Waals surface area contributed by atoms with Crippen molar-refractivity contribution in [2.75, 3.05) is 26.8 Å². The average molecular weight is 660 g/mol. The third-order valence-corrected chi connectivity index (χ3v) is 9.10. The zero-order valence-electron chi connectivity index (χ0n) is 25.7. The number of aryl methyl sites for hydroxylation is 1. The van der Waals surface area contributed by atoms with Crippen LogP contribution < -0.4 is 20.7 Å². The Hall–Kier alpha value is -3.99. The standard InChI is InChI=1S/C35H36Cl2N6O3/c1-43-20-23(18-38-14-15-44)25-9-10-29(42-35(25)43)28-5-3-4-26(32(28)36)27-12-13-40-34(33(27)37)21-6-7-22(30(16-21)46-2)17-39-19-24-8-11-31(45)41-24/h3-7,9-10,12-13,16,20,24,38-39,44H,8,11,14-15,17-19H2,1-2H3,(H,41,45)/t24-/m0/s1. The summed E-state index contributed by atoms with van der Waals surface area (Å²) in [6, 6.07) is 17.9. The van der Waals surface area contributed by atoms with E-state index in [1.54, 1.807) is 13.3 Å². The molecule has 238 valence electrons. The van der Waals surface area contributed by atoms with E-state index in [0.29, 0.717) is 48.3 Å². The topological polar surface area (TPSA) is 113 Å². The monoisotopic (exact) mass is 658 g/mol. The quantitative estimate of drug-likeness (QED) is 0.127. The Morgan fingerprint density at radius 2 is 1.83 bits per heavy atom. The Balaban J connectivity index is 1.27. The fraction of sp³-hybridized carbons (Fsp3) is 0.286. The van der Waals surface area contributed by atoms with Crippen LogP contribution in [0.15, 0.2) is 67.0 Å². The Morgan fingerprint density at radius 3 is 2.61 bits per heavy atom. The summed E-state index contributed by atoms with van der Waals surface area (Å²) in [5, 5.41) is 20.8. The molecule has 1 atom stereocenters. The van der Waals surface area contributed by atoms with Crippen LogP contribution in [0.2, 0.25) is 10.0 Å². The van der Waals surface area contributed by atoms with E-state index in [2.05, 4.69) is 33.2 Å². The lowest BCUT2D eigenvalue weighted by Crippen LogP contribution is -2.35. The van der Waals surface area contributed by atoms with Crippen molar-refractivity contribution in [1.82, 2.24) is 30.5 Å². The second-order valence-corrected chi connectivity index (χ2v) is 12.1. The SMILES string of the molecule is COc1cc(-c2nccc(-c3cccc(-c4ccc5c(CNCCO)cn(C)c5n4)c3Cl)c2Cl)ccc1CNC[C@@H]1CCC(=O)N1. The first-order valence-corrected chi connectivity index (χ1v) is 16.0. The van der Waals surface area contributed by atoms with E-state index < -0.39 is 0 Å². The molecule has 0 spiro atoms. The van der Waals surface area contributed by atoms with Gasteiger partial charge in [0, 0.05) is 91.3 Å². The van der Waals surface area contributed by atoms with Crippen LogP contribution in [0.3, 0.4) is 0 Å². The van der Waals surface area contributed by atoms with Gasteiger partial charge in [-0.3, -0.25) is 9.78 Å². The maximum absolute atomic E-state index is 11.5. The molecule has 1 saturated heterocycles. The zero-order chi connectivity index (χ0) is 32.2. The minimum Gasteiger partial charge on any atom is -0.496 e. The van der Waals surface area contributed by atoms with Crippen molar-refractivity contribution in [1.29, 1.82) is 0 Å². The van der Waals surface area contributed by atoms with E-state index in [1.807, 2.05) is 60.1 Å². The molecule has 9 nitrogen and oxygen atoms in total. The van der Waals surface area contributed by atoms with Crippen LogP contribution in [0.25, 0.3) is 44.7 Å². The Morgan fingerprint density at radius 1 is 1.02 bits per heavy atom. The van der Waals surface area contributed by atoms with Gasteiger partial charge in [0.1, 0.15) is 11.4 Å². The number of carbonyl (C=O) groups excluding carboxylic acids is 1. The van der Waals surface area contributed by atoms with Gasteiger partial charge in [0.25, 0.3) is 0 Å². The fourth-order valence-electron chi connectivity index (χ4n) is 5.97. The fourth-order valence-corrected chi connectivity index (χ4v) is 6.61. The molecule has 0 bridgehead atoms. The molecular weight excluding hydrogens is 623 g/mol. The lowest BCUT2D eigenvalue weighted by atomic mass is 9.99. The molecule has 6 rings (SSSR count). The van der Waals surface area contributed by atoms with Crippen LogP contribution in [0.5, 0.6) is 5.75 Å². The van der Waals surface area contributed by atoms with Crippen LogP contribution in [0.1, 0.15) is 24.0 Å². The van der Waals surface area contributed by atoms with Gasteiger partial charge in [-0.05, 0) is 36.2 Å². The van der Waals surface area contributed by atoms with Crippen molar-refractivity contribution in [3.8, 4) is 39.4 Å². The highest BCUT2D eigenvalue weighted by Gasteiger charge is 2.21. The summed E-state index contributed by atoms with van der Waals surface area (Å²) in [6.45, 7) is 2.57. The number of hydrogen-bond donors (Lipinski definition) is 4. The molecule has 1 fully saturated rings. The van der Waals surface area contributed by atoms with Gasteiger partial charge in [-0.1, -0.05) is 53.5 Å². The number of nitrogens with zero attached hydrogens (tertiary/aromatic N) is 3. The van der Waals surface area contributed by atoms with Crippen molar-refractivity contribution in [2.45, 2.75) is 32.0 Å². The highest BCUT2D eigenvalue weighted by molar-refractivity contribution is 6.39. The molecule has 0 unspecified atom stereocenters. The first kappa shape index (κ1) is 32.0. The minimum absolute atomic E-state index is 0.0905. The normalized spacial score (nSPS) is 14.6. The molecule has 1 amide bonds. The number of aromatic nitrogens is 3. The largest absolute Gasteiger partial charge is 0.496 e. The summed E-state index contributed by atoms with van der Waals surface area (Å²) in [4.78, 5) is 21.1. The lowest BCUT2D eigenvalue weighted by Gasteiger charge is -2.16. The average Bonchev–Trinajstić information content (AvgIpc) is 3.63. The molecule has 2 aromatic carbocycles. The van der Waals surface area contributed by atoms with Gasteiger partial charge < -0.3 is 30.4 Å². The van der Waals surface area contributed by atoms with Crippen molar-refractivity contribution in [3.63, 3.8) is 0 Å². The molecule has 11 heteroatoms. The number of rotatable bonds is 12. The molecule has 4 N–H and O–H groups in total. The molecule has 46 heavy (non-hydrogen) atoms. The summed E-state index contributed by atoms with van der Waals surface area (Å²) in [6.07, 6.45) is 5.22. The Labute approximate surface area is 277 Å². The molecule has 5 aromatic rings.